The number of aromatic amines is 2. The van der Waals surface area contributed by atoms with Gasteiger partial charge in [-0.15, -0.1) is 0 Å². The fraction of sp³-hybridized carbons (Fsp3) is 0.366. The zero-order chi connectivity index (χ0) is 55.4. The maximum atomic E-state index is 14.1. The number of benzene rings is 4. The molecule has 9 rings (SSSR count). The molecule has 0 amide bonds. The van der Waals surface area contributed by atoms with Gasteiger partial charge in [-0.1, -0.05) is 209 Å². The Hall–Kier alpha value is -6.85. The molecule has 0 unspecified atom stereocenters. The maximum absolute atomic E-state index is 14.1. The van der Waals surface area contributed by atoms with Gasteiger partial charge in [-0.3, -0.25) is 4.79 Å². The minimum atomic E-state index is -0.141. The molecule has 8 bridgehead atoms. The van der Waals surface area contributed by atoms with Gasteiger partial charge in [0.2, 0.25) is 0 Å². The Labute approximate surface area is 454 Å². The third-order valence-corrected chi connectivity index (χ3v) is 15.4. The van der Waals surface area contributed by atoms with E-state index in [0.29, 0.717) is 16.8 Å². The van der Waals surface area contributed by atoms with E-state index in [2.05, 4.69) is 258 Å². The molecule has 5 heteroatoms. The molecule has 5 heterocycles. The number of fused-ring (bicyclic) bond motifs is 8. The van der Waals surface area contributed by atoms with Crippen molar-refractivity contribution in [3.63, 3.8) is 0 Å². The molecule has 2 aliphatic heterocycles. The molecule has 2 N–H and O–H groups in total. The van der Waals surface area contributed by atoms with Crippen LogP contribution in [0, 0.1) is 13.8 Å². The van der Waals surface area contributed by atoms with Gasteiger partial charge in [-0.25, -0.2) is 9.97 Å². The van der Waals surface area contributed by atoms with Crippen LogP contribution in [0.25, 0.3) is 79.2 Å². The first kappa shape index (κ1) is 54.0. The van der Waals surface area contributed by atoms with E-state index in [1.807, 2.05) is 6.07 Å². The summed E-state index contributed by atoms with van der Waals surface area (Å²) in [6.45, 7) is 45.5. The summed E-state index contributed by atoms with van der Waals surface area (Å²) in [5, 5.41) is 0. The van der Waals surface area contributed by atoms with Crippen LogP contribution in [0.1, 0.15) is 208 Å². The van der Waals surface area contributed by atoms with Gasteiger partial charge in [-0.2, -0.15) is 0 Å². The summed E-state index contributed by atoms with van der Waals surface area (Å²) < 4.78 is 0. The Balaban J connectivity index is 1.56. The number of hydrogen-bond donors (Lipinski definition) is 2. The largest absolute Gasteiger partial charge is 0.354 e. The fourth-order valence-electron chi connectivity index (χ4n) is 10.6. The van der Waals surface area contributed by atoms with Crippen molar-refractivity contribution in [3.05, 3.63) is 175 Å². The van der Waals surface area contributed by atoms with E-state index in [1.54, 1.807) is 0 Å². The van der Waals surface area contributed by atoms with Crippen LogP contribution in [0.2, 0.25) is 0 Å². The molecule has 0 saturated heterocycles. The number of aryl methyl sites for hydroxylation is 2. The van der Waals surface area contributed by atoms with Gasteiger partial charge >= 0.3 is 0 Å². The average molecular weight is 1010 g/mol. The molecule has 0 atom stereocenters. The lowest BCUT2D eigenvalue weighted by Crippen LogP contribution is -2.16. The molecule has 0 aliphatic carbocycles. The van der Waals surface area contributed by atoms with Gasteiger partial charge in [0.1, 0.15) is 0 Å². The van der Waals surface area contributed by atoms with E-state index in [-0.39, 0.29) is 32.5 Å². The normalized spacial score (nSPS) is 13.6. The smallest absolute Gasteiger partial charge is 0.154 e. The van der Waals surface area contributed by atoms with Gasteiger partial charge in [-0.05, 0) is 144 Å². The number of hydrogen-bond acceptors (Lipinski definition) is 3. The van der Waals surface area contributed by atoms with Gasteiger partial charge in [0.25, 0.3) is 0 Å². The number of aldehydes is 1. The topological polar surface area (TPSA) is 74.4 Å². The Morgan fingerprint density at radius 1 is 0.368 bits per heavy atom. The molecule has 0 spiro atoms. The lowest BCUT2D eigenvalue weighted by Gasteiger charge is -2.26. The van der Waals surface area contributed by atoms with Crippen LogP contribution in [-0.4, -0.2) is 26.2 Å². The number of H-pyrrole nitrogens is 2. The SMILES string of the molecule is Cc1cc(C)cc(C2=Cc3nc2c(C=O)c2ccc([nH]2)c(-c2cc(C(C)(C)C)cc(C(C)(C)C)c2)c2nc(c(-c4cc(C(C)(C)C)cc(C(C)(C)C)c4)c4ccc([nH]4)c3-c3cc(C(C)(C)C)cc(C(C)(C)C)c3)C=C2)c1. The molecule has 0 saturated carbocycles. The van der Waals surface area contributed by atoms with Gasteiger partial charge in [0.05, 0.1) is 33.9 Å². The first-order chi connectivity index (χ1) is 35.2. The van der Waals surface area contributed by atoms with E-state index in [9.17, 15) is 4.79 Å². The van der Waals surface area contributed by atoms with E-state index < -0.39 is 0 Å². The second-order valence-electron chi connectivity index (χ2n) is 28.1. The average Bonchev–Trinajstić information content (AvgIpc) is 4.15. The Morgan fingerprint density at radius 3 is 1.01 bits per heavy atom. The fourth-order valence-corrected chi connectivity index (χ4v) is 10.6. The standard InChI is InChI=1S/C71H82N4O/c1-41-27-42(2)29-43(28-41)53-39-61-64(46-34-51(70(15,16)17)38-52(35-46)71(18,19)20)60-26-25-59(74-60)63(45-32-49(68(9,10)11)37-50(33-45)69(12,13)14)58-24-23-57(73-58)62(56-22-21-55(72-56)54(40-76)65(53)75-61)44-30-47(66(3,4)5)36-48(31-44)67(6,7)8/h21-40,72,74H,1-20H3. The van der Waals surface area contributed by atoms with Crippen molar-refractivity contribution < 1.29 is 4.79 Å². The first-order valence-corrected chi connectivity index (χ1v) is 27.4. The minimum absolute atomic E-state index is 0.120. The molecular formula is C71H82N4O. The third kappa shape index (κ3) is 10.6. The molecule has 392 valence electrons. The van der Waals surface area contributed by atoms with Crippen molar-refractivity contribution in [2.45, 2.75) is 171 Å². The van der Waals surface area contributed by atoms with E-state index in [1.165, 1.54) is 33.4 Å². The molecule has 5 nitrogen and oxygen atoms in total. The number of rotatable bonds is 5. The molecule has 7 aromatic rings. The van der Waals surface area contributed by atoms with E-state index >= 15 is 0 Å². The number of nitrogens with one attached hydrogen (secondary N) is 2. The molecular weight excluding hydrogens is 925 g/mol. The molecule has 0 fully saturated rings. The van der Waals surface area contributed by atoms with Crippen molar-refractivity contribution in [1.29, 1.82) is 0 Å². The summed E-state index contributed by atoms with van der Waals surface area (Å²) in [5.41, 5.74) is 24.1. The molecule has 0 radical (unpaired) electrons. The van der Waals surface area contributed by atoms with Crippen LogP contribution in [0.5, 0.6) is 0 Å². The molecule has 2 aliphatic rings. The quantitative estimate of drug-likeness (QED) is 0.169. The Bertz CT molecular complexity index is 3610. The number of aromatic nitrogens is 4. The Morgan fingerprint density at radius 2 is 0.684 bits per heavy atom. The molecule has 3 aromatic heterocycles. The highest BCUT2D eigenvalue weighted by Gasteiger charge is 2.29. The minimum Gasteiger partial charge on any atom is -0.354 e. The molecule has 76 heavy (non-hydrogen) atoms. The maximum Gasteiger partial charge on any atom is 0.154 e. The second-order valence-corrected chi connectivity index (χ2v) is 28.1. The number of nitrogens with zero attached hydrogens (tertiary/aromatic N) is 2. The summed E-state index contributed by atoms with van der Waals surface area (Å²) in [5.74, 6) is 0. The predicted molar refractivity (Wildman–Crippen MR) is 327 cm³/mol. The first-order valence-electron chi connectivity index (χ1n) is 27.4. The van der Waals surface area contributed by atoms with Crippen LogP contribution >= 0.6 is 0 Å². The Kier molecular flexibility index (Phi) is 13.3. The van der Waals surface area contributed by atoms with Crippen LogP contribution < -0.4 is 0 Å². The zero-order valence-electron chi connectivity index (χ0n) is 49.3. The van der Waals surface area contributed by atoms with E-state index in [0.717, 1.165) is 95.6 Å². The highest BCUT2D eigenvalue weighted by atomic mass is 16.1. The van der Waals surface area contributed by atoms with Crippen LogP contribution in [0.15, 0.2) is 97.1 Å². The van der Waals surface area contributed by atoms with Gasteiger partial charge < -0.3 is 9.97 Å². The predicted octanol–water partition coefficient (Wildman–Crippen LogP) is 19.3. The highest BCUT2D eigenvalue weighted by Crippen LogP contribution is 2.44. The van der Waals surface area contributed by atoms with Gasteiger partial charge in [0, 0.05) is 38.8 Å². The lowest BCUT2D eigenvalue weighted by molar-refractivity contribution is 0.112. The lowest BCUT2D eigenvalue weighted by atomic mass is 9.78. The van der Waals surface area contributed by atoms with Crippen LogP contribution in [-0.2, 0) is 32.5 Å². The third-order valence-electron chi connectivity index (χ3n) is 15.4. The summed E-state index contributed by atoms with van der Waals surface area (Å²) >= 11 is 0. The molecule has 4 aromatic carbocycles. The summed E-state index contributed by atoms with van der Waals surface area (Å²) in [6.07, 6.45) is 7.58. The highest BCUT2D eigenvalue weighted by molar-refractivity contribution is 6.05. The van der Waals surface area contributed by atoms with Crippen LogP contribution in [0.4, 0.5) is 0 Å². The van der Waals surface area contributed by atoms with Crippen molar-refractivity contribution >= 4 is 52.2 Å². The van der Waals surface area contributed by atoms with Crippen molar-refractivity contribution in [2.75, 3.05) is 0 Å². The monoisotopic (exact) mass is 1010 g/mol. The van der Waals surface area contributed by atoms with Crippen molar-refractivity contribution in [2.24, 2.45) is 0 Å². The van der Waals surface area contributed by atoms with Crippen LogP contribution in [0.3, 0.4) is 0 Å². The van der Waals surface area contributed by atoms with Crippen molar-refractivity contribution in [3.8, 4) is 33.4 Å². The van der Waals surface area contributed by atoms with E-state index in [4.69, 9.17) is 9.97 Å². The van der Waals surface area contributed by atoms with Crippen molar-refractivity contribution in [1.82, 2.24) is 19.9 Å². The van der Waals surface area contributed by atoms with Gasteiger partial charge in [0.15, 0.2) is 6.29 Å². The zero-order valence-corrected chi connectivity index (χ0v) is 49.3. The second kappa shape index (κ2) is 18.7. The summed E-state index contributed by atoms with van der Waals surface area (Å²) in [4.78, 5) is 33.4. The summed E-state index contributed by atoms with van der Waals surface area (Å²) in [6, 6.07) is 36.5. The number of carbonyl (C=O) groups excluding carboxylic acids is 1. The number of carbonyl (C=O) groups is 1. The summed E-state index contributed by atoms with van der Waals surface area (Å²) in [7, 11) is 0.